The van der Waals surface area contributed by atoms with E-state index in [1.165, 1.54) is 32.4 Å². The Morgan fingerprint density at radius 2 is 1.73 bits per heavy atom. The number of aliphatic hydroxyl groups is 1. The lowest BCUT2D eigenvalue weighted by Crippen LogP contribution is -3.13. The van der Waals surface area contributed by atoms with Crippen molar-refractivity contribution in [3.05, 3.63) is 29.8 Å². The van der Waals surface area contributed by atoms with Crippen molar-refractivity contribution >= 4 is 0 Å². The maximum absolute atomic E-state index is 11.2. The summed E-state index contributed by atoms with van der Waals surface area (Å²) in [5, 5.41) is 11.2. The molecule has 0 saturated carbocycles. The van der Waals surface area contributed by atoms with Crippen molar-refractivity contribution in [3.8, 4) is 5.75 Å². The van der Waals surface area contributed by atoms with Crippen LogP contribution < -0.4 is 9.64 Å². The molecule has 2 N–H and O–H groups in total. The monoisotopic (exact) mass is 306 g/mol. The fraction of sp³-hybridized carbons (Fsp3) is 0.684. The van der Waals surface area contributed by atoms with E-state index < -0.39 is 5.60 Å². The van der Waals surface area contributed by atoms with Gasteiger partial charge in [-0.1, -0.05) is 25.5 Å². The van der Waals surface area contributed by atoms with Crippen LogP contribution in [0.5, 0.6) is 5.75 Å². The van der Waals surface area contributed by atoms with Crippen molar-refractivity contribution in [1.29, 1.82) is 0 Å². The van der Waals surface area contributed by atoms with Gasteiger partial charge in [-0.05, 0) is 50.3 Å². The van der Waals surface area contributed by atoms with Gasteiger partial charge in [-0.3, -0.25) is 0 Å². The van der Waals surface area contributed by atoms with Crippen molar-refractivity contribution in [1.82, 2.24) is 0 Å². The van der Waals surface area contributed by atoms with Crippen molar-refractivity contribution in [2.24, 2.45) is 0 Å². The largest absolute Gasteiger partial charge is 0.494 e. The molecule has 1 aromatic rings. The van der Waals surface area contributed by atoms with Crippen molar-refractivity contribution < 1.29 is 14.7 Å². The van der Waals surface area contributed by atoms with Gasteiger partial charge in [-0.25, -0.2) is 0 Å². The van der Waals surface area contributed by atoms with E-state index in [9.17, 15) is 5.11 Å². The summed E-state index contributed by atoms with van der Waals surface area (Å²) in [4.78, 5) is 1.66. The molecule has 1 aliphatic rings. The standard InChI is InChI=1S/C19H31NO2/c1-3-12-19(21,13-16-20-14-6-5-7-15-20)17-8-10-18(11-9-17)22-4-2/h8-11,21H,3-7,12-16H2,1-2H3/p+1/t19-/m1/s1. The Hall–Kier alpha value is -1.06. The average molecular weight is 306 g/mol. The topological polar surface area (TPSA) is 33.9 Å². The molecule has 0 spiro atoms. The van der Waals surface area contributed by atoms with Gasteiger partial charge in [0.15, 0.2) is 0 Å². The Morgan fingerprint density at radius 1 is 1.05 bits per heavy atom. The Bertz CT molecular complexity index is 426. The summed E-state index contributed by atoms with van der Waals surface area (Å²) in [6.07, 6.45) is 6.73. The van der Waals surface area contributed by atoms with Gasteiger partial charge in [0.25, 0.3) is 0 Å². The van der Waals surface area contributed by atoms with Gasteiger partial charge in [0, 0.05) is 6.42 Å². The molecule has 1 atom stereocenters. The first kappa shape index (κ1) is 17.3. The molecule has 3 nitrogen and oxygen atoms in total. The zero-order valence-corrected chi connectivity index (χ0v) is 14.2. The third-order valence-corrected chi connectivity index (χ3v) is 4.82. The maximum Gasteiger partial charge on any atom is 0.119 e. The Morgan fingerprint density at radius 3 is 2.32 bits per heavy atom. The van der Waals surface area contributed by atoms with E-state index in [2.05, 4.69) is 6.92 Å². The summed E-state index contributed by atoms with van der Waals surface area (Å²) in [5.41, 5.74) is 0.346. The molecule has 0 unspecified atom stereocenters. The molecule has 1 heterocycles. The highest BCUT2D eigenvalue weighted by atomic mass is 16.5. The Labute approximate surface area is 135 Å². The minimum atomic E-state index is -0.691. The van der Waals surface area contributed by atoms with Gasteiger partial charge in [-0.15, -0.1) is 0 Å². The van der Waals surface area contributed by atoms with E-state index in [4.69, 9.17) is 4.74 Å². The van der Waals surface area contributed by atoms with Crippen LogP contribution in [0, 0.1) is 0 Å². The van der Waals surface area contributed by atoms with Crippen LogP contribution in [-0.4, -0.2) is 31.3 Å². The normalized spacial score (nSPS) is 18.9. The number of hydrogen-bond acceptors (Lipinski definition) is 2. The number of hydrogen-bond donors (Lipinski definition) is 2. The third-order valence-electron chi connectivity index (χ3n) is 4.82. The van der Waals surface area contributed by atoms with E-state index in [1.54, 1.807) is 4.90 Å². The highest BCUT2D eigenvalue weighted by molar-refractivity contribution is 5.30. The van der Waals surface area contributed by atoms with E-state index in [1.807, 2.05) is 31.2 Å². The van der Waals surface area contributed by atoms with E-state index in [0.717, 1.165) is 37.1 Å². The molecular weight excluding hydrogens is 274 g/mol. The second-order valence-electron chi connectivity index (χ2n) is 6.55. The molecule has 1 fully saturated rings. The number of rotatable bonds is 8. The van der Waals surface area contributed by atoms with Crippen molar-refractivity contribution in [2.75, 3.05) is 26.2 Å². The second kappa shape index (κ2) is 8.54. The summed E-state index contributed by atoms with van der Waals surface area (Å²) >= 11 is 0. The van der Waals surface area contributed by atoms with Crippen molar-refractivity contribution in [3.63, 3.8) is 0 Å². The predicted molar refractivity (Wildman–Crippen MR) is 90.4 cm³/mol. The van der Waals surface area contributed by atoms with Crippen LogP contribution >= 0.6 is 0 Å². The average Bonchev–Trinajstić information content (AvgIpc) is 2.55. The first-order valence-corrected chi connectivity index (χ1v) is 8.97. The molecule has 0 radical (unpaired) electrons. The van der Waals surface area contributed by atoms with Gasteiger partial charge in [0.05, 0.1) is 31.8 Å². The number of nitrogens with one attached hydrogen (secondary N) is 1. The maximum atomic E-state index is 11.2. The van der Waals surface area contributed by atoms with Crippen LogP contribution in [0.25, 0.3) is 0 Å². The number of ether oxygens (including phenoxy) is 1. The Balaban J connectivity index is 2.01. The van der Waals surface area contributed by atoms with E-state index >= 15 is 0 Å². The molecule has 2 rings (SSSR count). The lowest BCUT2D eigenvalue weighted by molar-refractivity contribution is -0.905. The lowest BCUT2D eigenvalue weighted by atomic mass is 9.86. The SMILES string of the molecule is CCC[C@@](O)(CC[NH+]1CCCCC1)c1ccc(OCC)cc1. The van der Waals surface area contributed by atoms with Gasteiger partial charge < -0.3 is 14.7 Å². The van der Waals surface area contributed by atoms with Crippen molar-refractivity contribution in [2.45, 2.75) is 58.0 Å². The fourth-order valence-corrected chi connectivity index (χ4v) is 3.54. The van der Waals surface area contributed by atoms with Crippen LogP contribution in [0.1, 0.15) is 57.9 Å². The van der Waals surface area contributed by atoms with Gasteiger partial charge in [-0.2, -0.15) is 0 Å². The summed E-state index contributed by atoms with van der Waals surface area (Å²) < 4.78 is 5.50. The van der Waals surface area contributed by atoms with Crippen LogP contribution in [0.4, 0.5) is 0 Å². The third kappa shape index (κ3) is 4.72. The quantitative estimate of drug-likeness (QED) is 0.774. The second-order valence-corrected chi connectivity index (χ2v) is 6.55. The highest BCUT2D eigenvalue weighted by Gasteiger charge is 2.30. The zero-order valence-electron chi connectivity index (χ0n) is 14.2. The van der Waals surface area contributed by atoms with Gasteiger partial charge in [0.1, 0.15) is 5.75 Å². The zero-order chi connectivity index (χ0) is 15.8. The predicted octanol–water partition coefficient (Wildman–Crippen LogP) is 2.53. The first-order chi connectivity index (χ1) is 10.7. The first-order valence-electron chi connectivity index (χ1n) is 8.97. The summed E-state index contributed by atoms with van der Waals surface area (Å²) in [6.45, 7) is 8.42. The van der Waals surface area contributed by atoms with Crippen LogP contribution in [-0.2, 0) is 5.60 Å². The molecule has 1 saturated heterocycles. The molecular formula is C19H32NO2+. The number of piperidine rings is 1. The summed E-state index contributed by atoms with van der Waals surface area (Å²) in [7, 11) is 0. The smallest absolute Gasteiger partial charge is 0.119 e. The molecule has 0 aromatic heterocycles. The molecule has 1 aromatic carbocycles. The minimum Gasteiger partial charge on any atom is -0.494 e. The van der Waals surface area contributed by atoms with Crippen LogP contribution in [0.3, 0.4) is 0 Å². The minimum absolute atomic E-state index is 0.677. The number of likely N-dealkylation sites (tertiary alicyclic amines) is 1. The fourth-order valence-electron chi connectivity index (χ4n) is 3.54. The molecule has 3 heteroatoms. The van der Waals surface area contributed by atoms with Gasteiger partial charge in [0.2, 0.25) is 0 Å². The molecule has 22 heavy (non-hydrogen) atoms. The number of benzene rings is 1. The Kier molecular flexibility index (Phi) is 6.71. The molecule has 0 bridgehead atoms. The lowest BCUT2D eigenvalue weighted by Gasteiger charge is -2.31. The van der Waals surface area contributed by atoms with E-state index in [-0.39, 0.29) is 0 Å². The number of quaternary nitrogens is 1. The molecule has 0 amide bonds. The van der Waals surface area contributed by atoms with Crippen LogP contribution in [0.2, 0.25) is 0 Å². The highest BCUT2D eigenvalue weighted by Crippen LogP contribution is 2.31. The summed E-state index contributed by atoms with van der Waals surface area (Å²) in [6, 6.07) is 8.03. The molecule has 0 aliphatic carbocycles. The summed E-state index contributed by atoms with van der Waals surface area (Å²) in [5.74, 6) is 0.881. The van der Waals surface area contributed by atoms with E-state index in [0.29, 0.717) is 6.61 Å². The van der Waals surface area contributed by atoms with Crippen LogP contribution in [0.15, 0.2) is 24.3 Å². The molecule has 124 valence electrons. The van der Waals surface area contributed by atoms with Gasteiger partial charge >= 0.3 is 0 Å². The molecule has 1 aliphatic heterocycles.